The summed E-state index contributed by atoms with van der Waals surface area (Å²) in [6.07, 6.45) is 3.57. The third-order valence-corrected chi connectivity index (χ3v) is 6.94. The standard InChI is InChI=1S/C28H32N4O6/c1-28(2,15-17-8-4-5-9-17)38-27(36)31-21-13-19-12-20(30-26(34)35)14-23(24(19)32(3)25(21)33)37-22-11-7-6-10-18(22)16-29/h6-7,10-12,14,17,21,30H,4-5,8-9,13,15H2,1-3H3,(H,31,36)(H,34,35). The first-order chi connectivity index (χ1) is 18.1. The number of hydrogen-bond donors (Lipinski definition) is 3. The Hall–Kier alpha value is -4.26. The molecule has 3 N–H and O–H groups in total. The van der Waals surface area contributed by atoms with Crippen LogP contribution in [-0.4, -0.2) is 41.9 Å². The average Bonchev–Trinajstić information content (AvgIpc) is 3.33. The van der Waals surface area contributed by atoms with Crippen LogP contribution in [0.1, 0.15) is 57.1 Å². The fraction of sp³-hybridized carbons (Fsp3) is 0.429. The van der Waals surface area contributed by atoms with Gasteiger partial charge in [-0.05, 0) is 49.9 Å². The summed E-state index contributed by atoms with van der Waals surface area (Å²) in [6.45, 7) is 3.75. The van der Waals surface area contributed by atoms with Crippen LogP contribution in [0.2, 0.25) is 0 Å². The molecule has 1 aliphatic heterocycles. The number of nitrogens with zero attached hydrogens (tertiary/aromatic N) is 2. The van der Waals surface area contributed by atoms with Gasteiger partial charge >= 0.3 is 12.2 Å². The molecule has 1 saturated carbocycles. The second kappa shape index (κ2) is 11.0. The Morgan fingerprint density at radius 1 is 1.18 bits per heavy atom. The topological polar surface area (TPSA) is 141 Å². The third kappa shape index (κ3) is 6.17. The Labute approximate surface area is 221 Å². The van der Waals surface area contributed by atoms with Crippen molar-refractivity contribution in [2.75, 3.05) is 17.3 Å². The number of nitrogens with one attached hydrogen (secondary N) is 2. The van der Waals surface area contributed by atoms with E-state index < -0.39 is 23.8 Å². The van der Waals surface area contributed by atoms with Crippen LogP contribution in [0.3, 0.4) is 0 Å². The van der Waals surface area contributed by atoms with Crippen LogP contribution in [0.15, 0.2) is 36.4 Å². The van der Waals surface area contributed by atoms with Gasteiger partial charge in [-0.2, -0.15) is 5.26 Å². The van der Waals surface area contributed by atoms with Crippen LogP contribution in [0.25, 0.3) is 0 Å². The molecule has 0 saturated heterocycles. The van der Waals surface area contributed by atoms with Crippen molar-refractivity contribution in [3.63, 3.8) is 0 Å². The van der Waals surface area contributed by atoms with E-state index in [2.05, 4.69) is 16.7 Å². The van der Waals surface area contributed by atoms with E-state index in [1.54, 1.807) is 37.4 Å². The van der Waals surface area contributed by atoms with Crippen molar-refractivity contribution >= 4 is 29.5 Å². The highest BCUT2D eigenvalue weighted by atomic mass is 16.6. The lowest BCUT2D eigenvalue weighted by molar-refractivity contribution is -0.120. The summed E-state index contributed by atoms with van der Waals surface area (Å²) >= 11 is 0. The largest absolute Gasteiger partial charge is 0.465 e. The molecular weight excluding hydrogens is 488 g/mol. The van der Waals surface area contributed by atoms with Gasteiger partial charge in [0.15, 0.2) is 5.75 Å². The molecule has 0 aromatic heterocycles. The average molecular weight is 521 g/mol. The second-order valence-corrected chi connectivity index (χ2v) is 10.4. The molecule has 0 spiro atoms. The van der Waals surface area contributed by atoms with E-state index in [4.69, 9.17) is 9.47 Å². The van der Waals surface area contributed by atoms with Crippen LogP contribution in [0.5, 0.6) is 11.5 Å². The van der Waals surface area contributed by atoms with Crippen molar-refractivity contribution in [3.05, 3.63) is 47.5 Å². The molecule has 0 radical (unpaired) electrons. The quantitative estimate of drug-likeness (QED) is 0.443. The molecule has 3 amide bonds. The van der Waals surface area contributed by atoms with E-state index >= 15 is 0 Å². The molecule has 38 heavy (non-hydrogen) atoms. The molecule has 2 aromatic rings. The molecule has 1 heterocycles. The minimum absolute atomic E-state index is 0.0993. The monoisotopic (exact) mass is 520 g/mol. The maximum atomic E-state index is 13.3. The van der Waals surface area contributed by atoms with Crippen LogP contribution in [-0.2, 0) is 16.0 Å². The van der Waals surface area contributed by atoms with E-state index in [0.29, 0.717) is 17.2 Å². The Bertz CT molecular complexity index is 1280. The normalized spacial score (nSPS) is 17.4. The van der Waals surface area contributed by atoms with Gasteiger partial charge in [-0.3, -0.25) is 10.1 Å². The zero-order chi connectivity index (χ0) is 27.4. The minimum Gasteiger partial charge on any atom is -0.465 e. The number of carbonyl (C=O) groups excluding carboxylic acids is 2. The molecule has 10 heteroatoms. The van der Waals surface area contributed by atoms with Gasteiger partial charge in [-0.1, -0.05) is 37.8 Å². The van der Waals surface area contributed by atoms with Crippen LogP contribution in [0, 0.1) is 17.2 Å². The zero-order valence-electron chi connectivity index (χ0n) is 21.7. The highest BCUT2D eigenvalue weighted by Crippen LogP contribution is 2.42. The molecule has 1 atom stereocenters. The Morgan fingerprint density at radius 2 is 1.89 bits per heavy atom. The maximum absolute atomic E-state index is 13.3. The van der Waals surface area contributed by atoms with E-state index in [0.717, 1.165) is 19.3 Å². The first-order valence-corrected chi connectivity index (χ1v) is 12.7. The number of carbonyl (C=O) groups is 3. The number of nitriles is 1. The fourth-order valence-electron chi connectivity index (χ4n) is 5.38. The number of rotatable bonds is 7. The van der Waals surface area contributed by atoms with Crippen molar-refractivity contribution in [3.8, 4) is 17.6 Å². The number of benzene rings is 2. The van der Waals surface area contributed by atoms with Crippen molar-refractivity contribution in [1.82, 2.24) is 5.32 Å². The maximum Gasteiger partial charge on any atom is 0.409 e. The summed E-state index contributed by atoms with van der Waals surface area (Å²) in [4.78, 5) is 38.8. The molecule has 0 bridgehead atoms. The van der Waals surface area contributed by atoms with E-state index in [9.17, 15) is 24.8 Å². The summed E-state index contributed by atoms with van der Waals surface area (Å²) in [5.41, 5.74) is 0.839. The van der Waals surface area contributed by atoms with Crippen molar-refractivity contribution in [2.45, 2.75) is 64.0 Å². The molecule has 10 nitrogen and oxygen atoms in total. The lowest BCUT2D eigenvalue weighted by Crippen LogP contribution is -2.52. The van der Waals surface area contributed by atoms with E-state index in [1.165, 1.54) is 23.8 Å². The Morgan fingerprint density at radius 3 is 2.58 bits per heavy atom. The van der Waals surface area contributed by atoms with E-state index in [1.807, 2.05) is 13.8 Å². The predicted molar refractivity (Wildman–Crippen MR) is 140 cm³/mol. The first-order valence-electron chi connectivity index (χ1n) is 12.7. The van der Waals surface area contributed by atoms with Gasteiger partial charge < -0.3 is 24.8 Å². The van der Waals surface area contributed by atoms with Gasteiger partial charge in [-0.25, -0.2) is 9.59 Å². The number of carboxylic acid groups (broad SMARTS) is 1. The number of alkyl carbamates (subject to hydrolysis) is 1. The van der Waals surface area contributed by atoms with Gasteiger partial charge in [0.25, 0.3) is 0 Å². The van der Waals surface area contributed by atoms with Gasteiger partial charge in [0.1, 0.15) is 23.5 Å². The highest BCUT2D eigenvalue weighted by molar-refractivity contribution is 6.03. The summed E-state index contributed by atoms with van der Waals surface area (Å²) in [7, 11) is 1.55. The molecule has 200 valence electrons. The van der Waals surface area contributed by atoms with Crippen LogP contribution in [0.4, 0.5) is 21.0 Å². The second-order valence-electron chi connectivity index (χ2n) is 10.4. The lowest BCUT2D eigenvalue weighted by Gasteiger charge is -2.34. The Balaban J connectivity index is 1.58. The number of ether oxygens (including phenoxy) is 2. The lowest BCUT2D eigenvalue weighted by atomic mass is 9.92. The first kappa shape index (κ1) is 26.8. The summed E-state index contributed by atoms with van der Waals surface area (Å²) < 4.78 is 11.7. The highest BCUT2D eigenvalue weighted by Gasteiger charge is 2.36. The van der Waals surface area contributed by atoms with E-state index in [-0.39, 0.29) is 35.1 Å². The number of para-hydroxylation sites is 1. The SMILES string of the molecule is CN1C(=O)C(NC(=O)OC(C)(C)CC2CCCC2)Cc2cc(NC(=O)O)cc(Oc3ccccc3C#N)c21. The molecule has 2 aromatic carbocycles. The molecule has 1 unspecified atom stereocenters. The number of fused-ring (bicyclic) bond motifs is 1. The van der Waals surface area contributed by atoms with Crippen molar-refractivity contribution < 1.29 is 29.0 Å². The third-order valence-electron chi connectivity index (χ3n) is 6.94. The molecule has 1 aliphatic carbocycles. The molecular formula is C28H32N4O6. The summed E-state index contributed by atoms with van der Waals surface area (Å²) in [5, 5.41) is 23.7. The van der Waals surface area contributed by atoms with Gasteiger partial charge in [0.05, 0.1) is 11.3 Å². The molecule has 4 rings (SSSR count). The molecule has 1 fully saturated rings. The van der Waals surface area contributed by atoms with Crippen LogP contribution >= 0.6 is 0 Å². The zero-order valence-corrected chi connectivity index (χ0v) is 21.7. The number of hydrogen-bond acceptors (Lipinski definition) is 6. The van der Waals surface area contributed by atoms with Gasteiger partial charge in [0, 0.05) is 25.2 Å². The summed E-state index contributed by atoms with van der Waals surface area (Å²) in [6, 6.07) is 10.8. The van der Waals surface area contributed by atoms with Crippen molar-refractivity contribution in [1.29, 1.82) is 5.26 Å². The van der Waals surface area contributed by atoms with Gasteiger partial charge in [0.2, 0.25) is 5.91 Å². The smallest absolute Gasteiger partial charge is 0.409 e. The number of amides is 3. The van der Waals surface area contributed by atoms with Crippen LogP contribution < -0.4 is 20.3 Å². The predicted octanol–water partition coefficient (Wildman–Crippen LogP) is 5.41. The minimum atomic E-state index is -1.27. The van der Waals surface area contributed by atoms with Gasteiger partial charge in [-0.15, -0.1) is 0 Å². The number of likely N-dealkylation sites (N-methyl/N-ethyl adjacent to an activating group) is 1. The van der Waals surface area contributed by atoms with Crippen molar-refractivity contribution in [2.24, 2.45) is 5.92 Å². The Kier molecular flexibility index (Phi) is 7.76. The fourth-order valence-corrected chi connectivity index (χ4v) is 5.38. The summed E-state index contributed by atoms with van der Waals surface area (Å²) in [5.74, 6) is 0.611. The number of anilines is 2. The molecule has 2 aliphatic rings.